The number of nitrogens with zero attached hydrogens (tertiary/aromatic N) is 2. The Morgan fingerprint density at radius 1 is 1.86 bits per heavy atom. The van der Waals surface area contributed by atoms with Crippen LogP contribution in [-0.2, 0) is 0 Å². The highest BCUT2D eigenvalue weighted by atomic mass is 32.2. The molecule has 0 unspecified atom stereocenters. The van der Waals surface area contributed by atoms with Crippen molar-refractivity contribution in [3.8, 4) is 0 Å². The fraction of sp³-hybridized carbons (Fsp3) is 0. The number of aromatic nitrogens is 2. The van der Waals surface area contributed by atoms with Gasteiger partial charge in [-0.05, 0) is 0 Å². The molecule has 1 aromatic heterocycles. The smallest absolute Gasteiger partial charge is 0.285 e. The van der Waals surface area contributed by atoms with Gasteiger partial charge in [-0.3, -0.25) is 0 Å². The van der Waals surface area contributed by atoms with Gasteiger partial charge in [0.25, 0.3) is 5.22 Å². The van der Waals surface area contributed by atoms with Crippen LogP contribution in [0.25, 0.3) is 0 Å². The van der Waals surface area contributed by atoms with E-state index in [1.165, 1.54) is 18.1 Å². The molecule has 1 radical (unpaired) electrons. The van der Waals surface area contributed by atoms with Gasteiger partial charge in [-0.1, -0.05) is 16.9 Å². The number of rotatable bonds is 1. The Kier molecular flexibility index (Phi) is 1.31. The van der Waals surface area contributed by atoms with Crippen molar-refractivity contribution < 1.29 is 4.52 Å². The maximum atomic E-state index is 4.52. The topological polar surface area (TPSA) is 38.9 Å². The minimum Gasteiger partial charge on any atom is -0.328 e. The maximum absolute atomic E-state index is 4.52. The summed E-state index contributed by atoms with van der Waals surface area (Å²) in [4.78, 5) is 3.66. The lowest BCUT2D eigenvalue weighted by molar-refractivity contribution is 0.341. The summed E-state index contributed by atoms with van der Waals surface area (Å²) in [5.74, 6) is 0. The Bertz CT molecular complexity index is 127. The lowest BCUT2D eigenvalue weighted by atomic mass is 11.3. The van der Waals surface area contributed by atoms with Crippen molar-refractivity contribution in [2.75, 3.05) is 0 Å². The molecule has 0 amide bonds. The van der Waals surface area contributed by atoms with Gasteiger partial charge in [0.2, 0.25) is 0 Å². The largest absolute Gasteiger partial charge is 0.328 e. The molecule has 0 bridgehead atoms. The molecule has 37 valence electrons. The highest BCUT2D eigenvalue weighted by molar-refractivity contribution is 8.00. The van der Waals surface area contributed by atoms with E-state index >= 15 is 0 Å². The summed E-state index contributed by atoms with van der Waals surface area (Å²) in [6.07, 6.45) is 4.79. The molecule has 0 fully saturated rings. The average Bonchev–Trinajstić information content (AvgIpc) is 2.14. The van der Waals surface area contributed by atoms with Gasteiger partial charge in [-0.25, -0.2) is 0 Å². The first kappa shape index (κ1) is 4.64. The second-order valence-electron chi connectivity index (χ2n) is 0.852. The Balaban J connectivity index is 2.76. The number of hydrogen-bond donors (Lipinski definition) is 0. The summed E-state index contributed by atoms with van der Waals surface area (Å²) in [5, 5.41) is 3.85. The average molecular weight is 115 g/mol. The van der Waals surface area contributed by atoms with Crippen LogP contribution in [0.2, 0.25) is 0 Å². The van der Waals surface area contributed by atoms with E-state index < -0.39 is 0 Å². The first-order chi connectivity index (χ1) is 3.43. The van der Waals surface area contributed by atoms with Gasteiger partial charge in [0.15, 0.2) is 6.33 Å². The SMILES string of the molecule is [CH2]Sc1ncno1. The Morgan fingerprint density at radius 3 is 3.00 bits per heavy atom. The Morgan fingerprint density at radius 2 is 2.71 bits per heavy atom. The molecule has 0 saturated carbocycles. The zero-order valence-electron chi connectivity index (χ0n) is 3.50. The van der Waals surface area contributed by atoms with Gasteiger partial charge in [0, 0.05) is 6.26 Å². The Labute approximate surface area is 45.1 Å². The Hall–Kier alpha value is -0.510. The van der Waals surface area contributed by atoms with Crippen LogP contribution in [0.3, 0.4) is 0 Å². The van der Waals surface area contributed by atoms with E-state index in [-0.39, 0.29) is 0 Å². The minimum absolute atomic E-state index is 0.500. The highest BCUT2D eigenvalue weighted by Crippen LogP contribution is 2.08. The lowest BCUT2D eigenvalue weighted by Crippen LogP contribution is -1.58. The van der Waals surface area contributed by atoms with Gasteiger partial charge in [-0.15, -0.1) is 0 Å². The molecule has 1 rings (SSSR count). The van der Waals surface area contributed by atoms with Gasteiger partial charge >= 0.3 is 0 Å². The maximum Gasteiger partial charge on any atom is 0.285 e. The molecule has 7 heavy (non-hydrogen) atoms. The zero-order valence-corrected chi connectivity index (χ0v) is 4.31. The molecule has 0 N–H and O–H groups in total. The molecule has 0 spiro atoms. The predicted octanol–water partition coefficient (Wildman–Crippen LogP) is 0.953. The van der Waals surface area contributed by atoms with Crippen molar-refractivity contribution in [3.05, 3.63) is 12.6 Å². The summed E-state index contributed by atoms with van der Waals surface area (Å²) in [7, 11) is 0. The normalized spacial score (nSPS) is 9.29. The molecule has 4 heteroatoms. The third-order valence-electron chi connectivity index (χ3n) is 0.465. The first-order valence-corrected chi connectivity index (χ1v) is 2.61. The standard InChI is InChI=1S/C3H3N2OS/c1-7-3-4-2-5-6-3/h2H,1H2. The monoisotopic (exact) mass is 115 g/mol. The van der Waals surface area contributed by atoms with Gasteiger partial charge in [0.05, 0.1) is 0 Å². The molecule has 0 aromatic carbocycles. The van der Waals surface area contributed by atoms with Crippen LogP contribution in [0.15, 0.2) is 16.1 Å². The molecule has 0 aliphatic carbocycles. The lowest BCUT2D eigenvalue weighted by Gasteiger charge is -1.73. The molecule has 0 aliphatic heterocycles. The van der Waals surface area contributed by atoms with Crippen LogP contribution in [0.1, 0.15) is 0 Å². The van der Waals surface area contributed by atoms with Gasteiger partial charge in [-0.2, -0.15) is 4.98 Å². The van der Waals surface area contributed by atoms with E-state index in [2.05, 4.69) is 20.9 Å². The third kappa shape index (κ3) is 0.928. The van der Waals surface area contributed by atoms with Crippen molar-refractivity contribution in [3.63, 3.8) is 0 Å². The molecular weight excluding hydrogens is 112 g/mol. The summed E-state index contributed by atoms with van der Waals surface area (Å²) >= 11 is 1.19. The number of thioether (sulfide) groups is 1. The van der Waals surface area contributed by atoms with Crippen LogP contribution in [0, 0.1) is 6.26 Å². The number of hydrogen-bond acceptors (Lipinski definition) is 4. The summed E-state index contributed by atoms with van der Waals surface area (Å²) in [6, 6.07) is 0. The summed E-state index contributed by atoms with van der Waals surface area (Å²) in [6.45, 7) is 0. The summed E-state index contributed by atoms with van der Waals surface area (Å²) in [5.41, 5.74) is 0. The van der Waals surface area contributed by atoms with E-state index in [1.807, 2.05) is 0 Å². The van der Waals surface area contributed by atoms with Crippen molar-refractivity contribution in [1.82, 2.24) is 10.1 Å². The van der Waals surface area contributed by atoms with E-state index in [9.17, 15) is 0 Å². The van der Waals surface area contributed by atoms with Crippen LogP contribution >= 0.6 is 11.8 Å². The molecule has 1 heterocycles. The van der Waals surface area contributed by atoms with E-state index in [1.54, 1.807) is 0 Å². The van der Waals surface area contributed by atoms with E-state index in [4.69, 9.17) is 0 Å². The second kappa shape index (κ2) is 1.97. The van der Waals surface area contributed by atoms with Crippen molar-refractivity contribution in [1.29, 1.82) is 0 Å². The van der Waals surface area contributed by atoms with Crippen LogP contribution in [-0.4, -0.2) is 10.1 Å². The van der Waals surface area contributed by atoms with Crippen LogP contribution in [0.5, 0.6) is 0 Å². The molecule has 0 atom stereocenters. The van der Waals surface area contributed by atoms with E-state index in [0.717, 1.165) is 0 Å². The zero-order chi connectivity index (χ0) is 5.11. The molecule has 0 saturated heterocycles. The summed E-state index contributed by atoms with van der Waals surface area (Å²) < 4.78 is 4.52. The van der Waals surface area contributed by atoms with Crippen LogP contribution in [0.4, 0.5) is 0 Å². The van der Waals surface area contributed by atoms with Gasteiger partial charge in [0.1, 0.15) is 0 Å². The van der Waals surface area contributed by atoms with Gasteiger partial charge < -0.3 is 4.52 Å². The van der Waals surface area contributed by atoms with Crippen molar-refractivity contribution >= 4 is 11.8 Å². The second-order valence-corrected chi connectivity index (χ2v) is 1.49. The highest BCUT2D eigenvalue weighted by Gasteiger charge is 1.89. The molecule has 1 aromatic rings. The fourth-order valence-electron chi connectivity index (χ4n) is 0.227. The minimum atomic E-state index is 0.500. The van der Waals surface area contributed by atoms with Crippen LogP contribution < -0.4 is 0 Å². The van der Waals surface area contributed by atoms with Crippen molar-refractivity contribution in [2.24, 2.45) is 0 Å². The van der Waals surface area contributed by atoms with E-state index in [0.29, 0.717) is 5.22 Å². The van der Waals surface area contributed by atoms with Crippen molar-refractivity contribution in [2.45, 2.75) is 5.22 Å². The third-order valence-corrected chi connectivity index (χ3v) is 0.891. The molecule has 0 aliphatic rings. The first-order valence-electron chi connectivity index (χ1n) is 1.62. The predicted molar refractivity (Wildman–Crippen MR) is 25.5 cm³/mol. The quantitative estimate of drug-likeness (QED) is 0.511. The molecular formula is C3H3N2OS. The molecule has 3 nitrogen and oxygen atoms in total. The fourth-order valence-corrected chi connectivity index (χ4v) is 0.444.